The van der Waals surface area contributed by atoms with Gasteiger partial charge in [-0.25, -0.2) is 0 Å². The van der Waals surface area contributed by atoms with Gasteiger partial charge in [-0.15, -0.1) is 0 Å². The molecule has 0 spiro atoms. The van der Waals surface area contributed by atoms with Crippen LogP contribution >= 0.6 is 0 Å². The van der Waals surface area contributed by atoms with Crippen molar-refractivity contribution in [2.45, 2.75) is 19.9 Å². The lowest BCUT2D eigenvalue weighted by Gasteiger charge is -2.38. The summed E-state index contributed by atoms with van der Waals surface area (Å²) in [6.07, 6.45) is 0. The third-order valence-electron chi connectivity index (χ3n) is 5.19. The first-order chi connectivity index (χ1) is 13.5. The van der Waals surface area contributed by atoms with Crippen LogP contribution in [0.15, 0.2) is 48.5 Å². The molecule has 1 atom stereocenters. The Morgan fingerprint density at radius 3 is 2.29 bits per heavy atom. The van der Waals surface area contributed by atoms with Crippen LogP contribution in [0.4, 0.5) is 11.4 Å². The number of nitrogens with one attached hydrogen (secondary N) is 1. The second-order valence-electron chi connectivity index (χ2n) is 6.95. The van der Waals surface area contributed by atoms with Gasteiger partial charge in [0.1, 0.15) is 6.07 Å². The number of Topliss-reactive ketones (excluding diaryl/α,β-unsaturated/α-hetero) is 1. The SMILES string of the molecule is CC(=O)c1ccc(N2CCN([C@@H](C)C(=O)Nc3ccccc3C#N)CC2)cc1. The van der Waals surface area contributed by atoms with E-state index in [1.807, 2.05) is 31.2 Å². The molecular formula is C22H24N4O2. The predicted octanol–water partition coefficient (Wildman–Crippen LogP) is 2.91. The van der Waals surface area contributed by atoms with Crippen molar-refractivity contribution in [3.8, 4) is 6.07 Å². The van der Waals surface area contributed by atoms with E-state index in [0.717, 1.165) is 31.9 Å². The minimum Gasteiger partial charge on any atom is -0.369 e. The molecule has 2 aromatic rings. The summed E-state index contributed by atoms with van der Waals surface area (Å²) in [5, 5.41) is 12.0. The number of amides is 1. The van der Waals surface area contributed by atoms with Crippen molar-refractivity contribution in [1.82, 2.24) is 4.90 Å². The molecule has 144 valence electrons. The maximum absolute atomic E-state index is 12.6. The average molecular weight is 376 g/mol. The second kappa shape index (κ2) is 8.68. The number of rotatable bonds is 5. The van der Waals surface area contributed by atoms with Crippen LogP contribution in [-0.2, 0) is 4.79 Å². The largest absolute Gasteiger partial charge is 0.369 e. The number of benzene rings is 2. The maximum atomic E-state index is 12.6. The normalized spacial score (nSPS) is 15.5. The van der Waals surface area contributed by atoms with Gasteiger partial charge < -0.3 is 10.2 Å². The topological polar surface area (TPSA) is 76.4 Å². The molecule has 1 aliphatic heterocycles. The zero-order chi connectivity index (χ0) is 20.1. The van der Waals surface area contributed by atoms with Crippen LogP contribution in [0.3, 0.4) is 0 Å². The first-order valence-electron chi connectivity index (χ1n) is 9.39. The molecule has 6 heteroatoms. The predicted molar refractivity (Wildman–Crippen MR) is 109 cm³/mol. The minimum atomic E-state index is -0.283. The van der Waals surface area contributed by atoms with Crippen LogP contribution in [0, 0.1) is 11.3 Å². The first kappa shape index (κ1) is 19.6. The Morgan fingerprint density at radius 2 is 1.68 bits per heavy atom. The van der Waals surface area contributed by atoms with Crippen LogP contribution in [-0.4, -0.2) is 48.8 Å². The van der Waals surface area contributed by atoms with Gasteiger partial charge >= 0.3 is 0 Å². The fourth-order valence-electron chi connectivity index (χ4n) is 3.37. The number of para-hydroxylation sites is 1. The van der Waals surface area contributed by atoms with E-state index in [1.165, 1.54) is 0 Å². The molecule has 6 nitrogen and oxygen atoms in total. The summed E-state index contributed by atoms with van der Waals surface area (Å²) in [6, 6.07) is 16.5. The zero-order valence-electron chi connectivity index (χ0n) is 16.2. The van der Waals surface area contributed by atoms with Gasteiger partial charge in [-0.3, -0.25) is 14.5 Å². The lowest BCUT2D eigenvalue weighted by molar-refractivity contribution is -0.120. The third-order valence-corrected chi connectivity index (χ3v) is 5.19. The van der Waals surface area contributed by atoms with E-state index in [1.54, 1.807) is 31.2 Å². The molecule has 1 amide bonds. The monoisotopic (exact) mass is 376 g/mol. The number of ketones is 1. The first-order valence-corrected chi connectivity index (χ1v) is 9.39. The number of carbonyl (C=O) groups excluding carboxylic acids is 2. The lowest BCUT2D eigenvalue weighted by atomic mass is 10.1. The van der Waals surface area contributed by atoms with E-state index in [-0.39, 0.29) is 17.7 Å². The van der Waals surface area contributed by atoms with Crippen LogP contribution in [0.5, 0.6) is 0 Å². The number of piperazine rings is 1. The molecule has 1 saturated heterocycles. The van der Waals surface area contributed by atoms with Crippen molar-refractivity contribution in [2.75, 3.05) is 36.4 Å². The summed E-state index contributed by atoms with van der Waals surface area (Å²) in [6.45, 7) is 6.61. The number of hydrogen-bond donors (Lipinski definition) is 1. The highest BCUT2D eigenvalue weighted by Crippen LogP contribution is 2.19. The molecule has 0 aromatic heterocycles. The molecule has 28 heavy (non-hydrogen) atoms. The van der Waals surface area contributed by atoms with Crippen molar-refractivity contribution in [2.24, 2.45) is 0 Å². The van der Waals surface area contributed by atoms with Gasteiger partial charge in [-0.05, 0) is 50.2 Å². The summed E-state index contributed by atoms with van der Waals surface area (Å²) in [4.78, 5) is 28.4. The highest BCUT2D eigenvalue weighted by atomic mass is 16.2. The Kier molecular flexibility index (Phi) is 6.07. The Balaban J connectivity index is 1.57. The molecule has 1 N–H and O–H groups in total. The molecule has 1 aliphatic rings. The van der Waals surface area contributed by atoms with Crippen molar-refractivity contribution in [3.63, 3.8) is 0 Å². The van der Waals surface area contributed by atoms with E-state index in [9.17, 15) is 9.59 Å². The Morgan fingerprint density at radius 1 is 1.04 bits per heavy atom. The van der Waals surface area contributed by atoms with E-state index < -0.39 is 0 Å². The second-order valence-corrected chi connectivity index (χ2v) is 6.95. The Hall–Kier alpha value is -3.17. The number of hydrogen-bond acceptors (Lipinski definition) is 5. The van der Waals surface area contributed by atoms with Crippen LogP contribution in [0.1, 0.15) is 29.8 Å². The van der Waals surface area contributed by atoms with Crippen LogP contribution < -0.4 is 10.2 Å². The van der Waals surface area contributed by atoms with Gasteiger partial charge in [0, 0.05) is 37.4 Å². The smallest absolute Gasteiger partial charge is 0.241 e. The highest BCUT2D eigenvalue weighted by molar-refractivity contribution is 5.95. The maximum Gasteiger partial charge on any atom is 0.241 e. The summed E-state index contributed by atoms with van der Waals surface area (Å²) in [5.74, 6) is -0.0452. The van der Waals surface area contributed by atoms with Gasteiger partial charge in [-0.1, -0.05) is 12.1 Å². The average Bonchev–Trinajstić information content (AvgIpc) is 2.73. The highest BCUT2D eigenvalue weighted by Gasteiger charge is 2.26. The minimum absolute atomic E-state index is 0.0641. The summed E-state index contributed by atoms with van der Waals surface area (Å²) < 4.78 is 0. The van der Waals surface area contributed by atoms with Crippen LogP contribution in [0.25, 0.3) is 0 Å². The van der Waals surface area contributed by atoms with E-state index in [4.69, 9.17) is 5.26 Å². The van der Waals surface area contributed by atoms with Crippen molar-refractivity contribution >= 4 is 23.1 Å². The molecule has 0 bridgehead atoms. The fraction of sp³-hybridized carbons (Fsp3) is 0.318. The summed E-state index contributed by atoms with van der Waals surface area (Å²) in [5.41, 5.74) is 2.81. The molecule has 0 unspecified atom stereocenters. The molecule has 1 fully saturated rings. The van der Waals surface area contributed by atoms with Crippen LogP contribution in [0.2, 0.25) is 0 Å². The van der Waals surface area contributed by atoms with Gasteiger partial charge in [0.05, 0.1) is 17.3 Å². The van der Waals surface area contributed by atoms with Crippen molar-refractivity contribution in [1.29, 1.82) is 5.26 Å². The fourth-order valence-corrected chi connectivity index (χ4v) is 3.37. The van der Waals surface area contributed by atoms with E-state index in [2.05, 4.69) is 21.2 Å². The quantitative estimate of drug-likeness (QED) is 0.812. The van der Waals surface area contributed by atoms with Gasteiger partial charge in [0.25, 0.3) is 0 Å². The standard InChI is InChI=1S/C22H24N4O2/c1-16(22(28)24-21-6-4-3-5-19(21)15-23)25-11-13-26(14-12-25)20-9-7-18(8-10-20)17(2)27/h3-10,16H,11-14H2,1-2H3,(H,24,28)/t16-/m0/s1. The Labute approximate surface area is 165 Å². The van der Waals surface area contributed by atoms with Gasteiger partial charge in [-0.2, -0.15) is 5.26 Å². The molecule has 0 radical (unpaired) electrons. The molecular weight excluding hydrogens is 352 g/mol. The number of nitriles is 1. The van der Waals surface area contributed by atoms with Gasteiger partial charge in [0.2, 0.25) is 5.91 Å². The van der Waals surface area contributed by atoms with Crippen molar-refractivity contribution < 1.29 is 9.59 Å². The number of nitrogens with zero attached hydrogens (tertiary/aromatic N) is 3. The Bertz CT molecular complexity index is 893. The van der Waals surface area contributed by atoms with E-state index >= 15 is 0 Å². The molecule has 3 rings (SSSR count). The third kappa shape index (κ3) is 4.38. The number of carbonyl (C=O) groups is 2. The van der Waals surface area contributed by atoms with Crippen molar-refractivity contribution in [3.05, 3.63) is 59.7 Å². The number of anilines is 2. The summed E-state index contributed by atoms with van der Waals surface area (Å²) >= 11 is 0. The van der Waals surface area contributed by atoms with Gasteiger partial charge in [0.15, 0.2) is 5.78 Å². The van der Waals surface area contributed by atoms with E-state index in [0.29, 0.717) is 16.8 Å². The zero-order valence-corrected chi connectivity index (χ0v) is 16.2. The summed E-state index contributed by atoms with van der Waals surface area (Å²) in [7, 11) is 0. The molecule has 0 saturated carbocycles. The molecule has 0 aliphatic carbocycles. The lowest BCUT2D eigenvalue weighted by Crippen LogP contribution is -2.52. The molecule has 1 heterocycles. The molecule has 2 aromatic carbocycles.